The predicted molar refractivity (Wildman–Crippen MR) is 230 cm³/mol. The third-order valence-corrected chi connectivity index (χ3v) is 12.4. The molecule has 3 aromatic heterocycles. The number of aromatic nitrogens is 2. The second kappa shape index (κ2) is 16.3. The third-order valence-electron chi connectivity index (χ3n) is 9.25. The first-order valence-electron chi connectivity index (χ1n) is 20.5. The van der Waals surface area contributed by atoms with Gasteiger partial charge in [-0.2, -0.15) is 11.3 Å². The van der Waals surface area contributed by atoms with E-state index in [1.54, 1.807) is 12.3 Å². The molecule has 0 unspecified atom stereocenters. The van der Waals surface area contributed by atoms with Crippen LogP contribution in [0.2, 0.25) is 19.6 Å². The molecule has 7 aromatic rings. The second-order valence-corrected chi connectivity index (χ2v) is 22.3. The molecule has 0 N–H and O–H groups in total. The van der Waals surface area contributed by atoms with Crippen molar-refractivity contribution in [1.82, 2.24) is 9.97 Å². The van der Waals surface area contributed by atoms with Crippen molar-refractivity contribution in [2.45, 2.75) is 86.8 Å². The fourth-order valence-electron chi connectivity index (χ4n) is 6.75. The zero-order valence-electron chi connectivity index (χ0n) is 37.7. The molecule has 7 rings (SSSR count). The fourth-order valence-corrected chi connectivity index (χ4v) is 9.26. The Balaban J connectivity index is 0.000000224. The largest absolute Gasteiger partial charge is 0.305 e. The summed E-state index contributed by atoms with van der Waals surface area (Å²) in [4.78, 5) is 9.12. The Kier molecular flexibility index (Phi) is 10.4. The van der Waals surface area contributed by atoms with Crippen LogP contribution in [0.15, 0.2) is 97.3 Å². The van der Waals surface area contributed by atoms with Crippen LogP contribution in [0.1, 0.15) is 69.3 Å². The molecule has 0 saturated heterocycles. The van der Waals surface area contributed by atoms with Crippen molar-refractivity contribution in [1.29, 1.82) is 0 Å². The Morgan fingerprint density at radius 3 is 2.19 bits per heavy atom. The minimum Gasteiger partial charge on any atom is -0.305 e. The molecule has 0 bridgehead atoms. The van der Waals surface area contributed by atoms with E-state index in [1.807, 2.05) is 31.4 Å². The minimum absolute atomic E-state index is 0. The Hall–Kier alpha value is -3.73. The molecule has 0 aliphatic heterocycles. The van der Waals surface area contributed by atoms with E-state index in [0.717, 1.165) is 16.4 Å². The van der Waals surface area contributed by atoms with Gasteiger partial charge in [-0.1, -0.05) is 107 Å². The maximum Gasteiger partial charge on any atom is 0.0798 e. The monoisotopic (exact) mass is 914 g/mol. The van der Waals surface area contributed by atoms with Gasteiger partial charge in [0, 0.05) is 42.7 Å². The number of fused-ring (bicyclic) bond motifs is 3. The number of benzene rings is 4. The van der Waals surface area contributed by atoms with Crippen LogP contribution in [0.5, 0.6) is 0 Å². The maximum atomic E-state index is 8.57. The van der Waals surface area contributed by atoms with Crippen molar-refractivity contribution < 1.29 is 27.0 Å². The van der Waals surface area contributed by atoms with Gasteiger partial charge in [0.1, 0.15) is 0 Å². The number of rotatable bonds is 6. The number of pyridine rings is 2. The van der Waals surface area contributed by atoms with Gasteiger partial charge in [-0.25, -0.2) is 0 Å². The standard InChI is InChI=1S/C30H28NS.C18H24NSi.Ir/c1-18-13-19(2)29(20(3)14-18)22-7-9-24-25-15-21(8-10-27(25)32-28(24)16-22)26-17-23(11-12-31-26)30(4,5)6;1-14(2)11-16-12-17(15-9-7-6-8-10-15)19-13-18(16)20(3,4)5;/h7,9-17H,1-6H3;6-9,12-14H,11H2,1-5H3;/q2*-1;/i;6D,7D,8D,11D2;. The van der Waals surface area contributed by atoms with Gasteiger partial charge in [-0.15, -0.1) is 59.6 Å². The number of thiophene rings is 1. The molecule has 4 aromatic carbocycles. The summed E-state index contributed by atoms with van der Waals surface area (Å²) in [6, 6.07) is 29.3. The van der Waals surface area contributed by atoms with E-state index < -0.39 is 14.4 Å². The third kappa shape index (κ3) is 9.32. The molecular formula is C48H52IrN2SSi-2. The second-order valence-electron chi connectivity index (χ2n) is 16.1. The molecule has 0 saturated carbocycles. The molecule has 0 fully saturated rings. The zero-order chi connectivity index (χ0) is 41.8. The zero-order valence-corrected chi connectivity index (χ0v) is 36.9. The molecule has 0 spiro atoms. The molecule has 53 heavy (non-hydrogen) atoms. The van der Waals surface area contributed by atoms with Crippen LogP contribution in [0, 0.1) is 38.8 Å². The molecule has 0 aliphatic rings. The van der Waals surface area contributed by atoms with Crippen LogP contribution in [-0.2, 0) is 31.9 Å². The summed E-state index contributed by atoms with van der Waals surface area (Å²) in [5.41, 5.74) is 11.6. The quantitative estimate of drug-likeness (QED) is 0.123. The van der Waals surface area contributed by atoms with Crippen LogP contribution >= 0.6 is 11.3 Å². The Labute approximate surface area is 343 Å². The SMILES string of the molecule is Cc1cc(C)c(-c2ccc3c(c2)sc2c[c-]c(-c4cc(C(C)(C)C)ccn4)cc23)c(C)c1.[2H]c1[c-]c(-c2cc(C([2H])([2H])C(C)C)c([Si](C)(C)C)cn2)cc([2H])c1[2H].[Ir]. The van der Waals surface area contributed by atoms with Gasteiger partial charge < -0.3 is 9.97 Å². The van der Waals surface area contributed by atoms with E-state index in [4.69, 9.17) is 6.85 Å². The van der Waals surface area contributed by atoms with Gasteiger partial charge in [0.25, 0.3) is 0 Å². The summed E-state index contributed by atoms with van der Waals surface area (Å²) in [5, 5.41) is 3.56. The molecule has 0 amide bonds. The van der Waals surface area contributed by atoms with Crippen molar-refractivity contribution in [2.24, 2.45) is 5.92 Å². The fraction of sp³-hybridized carbons (Fsp3) is 0.292. The van der Waals surface area contributed by atoms with Crippen molar-refractivity contribution in [3.05, 3.63) is 137 Å². The molecule has 275 valence electrons. The van der Waals surface area contributed by atoms with Crippen LogP contribution in [-0.4, -0.2) is 18.0 Å². The first-order valence-corrected chi connectivity index (χ1v) is 22.3. The van der Waals surface area contributed by atoms with Crippen LogP contribution < -0.4 is 5.19 Å². The first-order chi connectivity index (χ1) is 26.6. The summed E-state index contributed by atoms with van der Waals surface area (Å²) >= 11 is 1.85. The molecular weight excluding hydrogens is 857 g/mol. The topological polar surface area (TPSA) is 25.8 Å². The van der Waals surface area contributed by atoms with Gasteiger partial charge >= 0.3 is 0 Å². The molecule has 2 nitrogen and oxygen atoms in total. The number of hydrogen-bond donors (Lipinski definition) is 0. The molecule has 0 atom stereocenters. The minimum atomic E-state index is -1.80. The van der Waals surface area contributed by atoms with Crippen molar-refractivity contribution in [3.63, 3.8) is 0 Å². The van der Waals surface area contributed by atoms with E-state index in [2.05, 4.69) is 138 Å². The van der Waals surface area contributed by atoms with Gasteiger partial charge in [0.05, 0.1) is 8.07 Å². The first kappa shape index (κ1) is 33.8. The molecule has 5 heteroatoms. The van der Waals surface area contributed by atoms with Crippen molar-refractivity contribution in [3.8, 4) is 33.6 Å². The van der Waals surface area contributed by atoms with Gasteiger partial charge in [0.15, 0.2) is 0 Å². The van der Waals surface area contributed by atoms with E-state index in [9.17, 15) is 0 Å². The maximum absolute atomic E-state index is 8.57. The van der Waals surface area contributed by atoms with E-state index >= 15 is 0 Å². The Morgan fingerprint density at radius 2 is 1.53 bits per heavy atom. The number of aryl methyl sites for hydroxylation is 3. The normalized spacial score (nSPS) is 13.4. The summed E-state index contributed by atoms with van der Waals surface area (Å²) in [7, 11) is -1.80. The van der Waals surface area contributed by atoms with Crippen molar-refractivity contribution >= 4 is 44.8 Å². The predicted octanol–water partition coefficient (Wildman–Crippen LogP) is 13.1. The van der Waals surface area contributed by atoms with Gasteiger partial charge in [-0.05, 0) is 106 Å². The van der Waals surface area contributed by atoms with Crippen molar-refractivity contribution in [2.75, 3.05) is 0 Å². The van der Waals surface area contributed by atoms with Crippen LogP contribution in [0.4, 0.5) is 0 Å². The average Bonchev–Trinajstić information content (AvgIpc) is 3.49. The summed E-state index contributed by atoms with van der Waals surface area (Å²) in [6.07, 6.45) is 2.15. The van der Waals surface area contributed by atoms with E-state index in [0.29, 0.717) is 16.8 Å². The van der Waals surface area contributed by atoms with Crippen LogP contribution in [0.3, 0.4) is 0 Å². The molecule has 3 heterocycles. The molecule has 1 radical (unpaired) electrons. The van der Waals surface area contributed by atoms with Crippen LogP contribution in [0.25, 0.3) is 53.8 Å². The molecule has 0 aliphatic carbocycles. The number of nitrogens with zero attached hydrogens (tertiary/aromatic N) is 2. The number of hydrogen-bond acceptors (Lipinski definition) is 3. The van der Waals surface area contributed by atoms with Gasteiger partial charge in [-0.3, -0.25) is 0 Å². The van der Waals surface area contributed by atoms with E-state index in [-0.39, 0.29) is 49.6 Å². The summed E-state index contributed by atoms with van der Waals surface area (Å²) in [6.45, 7) is 23.5. The smallest absolute Gasteiger partial charge is 0.0798 e. The van der Waals surface area contributed by atoms with E-state index in [1.165, 1.54) is 59.6 Å². The van der Waals surface area contributed by atoms with Gasteiger partial charge in [0.2, 0.25) is 0 Å². The Bertz CT molecular complexity index is 2590. The average molecular weight is 914 g/mol. The summed E-state index contributed by atoms with van der Waals surface area (Å²) < 4.78 is 43.0. The Morgan fingerprint density at radius 1 is 0.811 bits per heavy atom. The summed E-state index contributed by atoms with van der Waals surface area (Å²) in [5.74, 6) is -0.198.